The van der Waals surface area contributed by atoms with E-state index in [1.165, 1.54) is 48.9 Å². The zero-order valence-corrected chi connectivity index (χ0v) is 30.5. The third-order valence-electron chi connectivity index (χ3n) is 11.8. The molecule has 57 heavy (non-hydrogen) atoms. The van der Waals surface area contributed by atoms with Crippen LogP contribution in [0.4, 0.5) is 0 Å². The lowest BCUT2D eigenvalue weighted by atomic mass is 10.0. The van der Waals surface area contributed by atoms with E-state index in [4.69, 9.17) is 15.0 Å². The number of hydrogen-bond donors (Lipinski definition) is 0. The van der Waals surface area contributed by atoms with Crippen molar-refractivity contribution < 1.29 is 0 Å². The van der Waals surface area contributed by atoms with Gasteiger partial charge in [0.25, 0.3) is 0 Å². The first kappa shape index (κ1) is 30.5. The van der Waals surface area contributed by atoms with Gasteiger partial charge in [0.2, 0.25) is 5.95 Å². The largest absolute Gasteiger partial charge is 0.309 e. The average Bonchev–Trinajstić information content (AvgIpc) is 4.00. The second-order valence-corrected chi connectivity index (χ2v) is 14.8. The van der Waals surface area contributed by atoms with Gasteiger partial charge >= 0.3 is 0 Å². The molecular weight excluding hydrogens is 697 g/mol. The summed E-state index contributed by atoms with van der Waals surface area (Å²) in [7, 11) is 0. The lowest BCUT2D eigenvalue weighted by Gasteiger charge is -2.15. The fraction of sp³-hybridized carbons (Fsp3) is 0. The molecule has 8 aromatic carbocycles. The number of nitrogens with zero attached hydrogens (tertiary/aromatic N) is 6. The molecule has 13 aromatic rings. The SMILES string of the molecule is c1ccc(-n2c3ccccc3c3ccccc32)c(-c2nc(-c3cc4c5ccccc5n5c6ccccc6c(c3)c45)nc(-n3c4ccccc4c4ccccc43)n2)c1. The van der Waals surface area contributed by atoms with Gasteiger partial charge in [-0.2, -0.15) is 9.97 Å². The maximum absolute atomic E-state index is 5.44. The fourth-order valence-electron chi connectivity index (χ4n) is 9.47. The molecular formula is C51H30N6. The van der Waals surface area contributed by atoms with Crippen LogP contribution in [0.25, 0.3) is 116 Å². The van der Waals surface area contributed by atoms with E-state index in [9.17, 15) is 0 Å². The highest BCUT2D eigenvalue weighted by molar-refractivity contribution is 6.24. The Bertz CT molecular complexity index is 3580. The Kier molecular flexibility index (Phi) is 6.07. The van der Waals surface area contributed by atoms with E-state index in [1.54, 1.807) is 0 Å². The molecule has 0 saturated heterocycles. The summed E-state index contributed by atoms with van der Waals surface area (Å²) in [5.74, 6) is 1.80. The van der Waals surface area contributed by atoms with Crippen LogP contribution in [0.15, 0.2) is 182 Å². The Balaban J connectivity index is 1.15. The number of hydrogen-bond acceptors (Lipinski definition) is 3. The maximum atomic E-state index is 5.44. The van der Waals surface area contributed by atoms with Gasteiger partial charge in [-0.1, -0.05) is 121 Å². The summed E-state index contributed by atoms with van der Waals surface area (Å²) in [6, 6.07) is 64.7. The van der Waals surface area contributed by atoms with Gasteiger partial charge in [-0.05, 0) is 60.7 Å². The lowest BCUT2D eigenvalue weighted by Crippen LogP contribution is -2.07. The van der Waals surface area contributed by atoms with Crippen molar-refractivity contribution in [2.75, 3.05) is 0 Å². The highest BCUT2D eigenvalue weighted by Gasteiger charge is 2.23. The number of rotatable bonds is 4. The van der Waals surface area contributed by atoms with Crippen LogP contribution in [0.3, 0.4) is 0 Å². The second kappa shape index (κ2) is 11.4. The number of aromatic nitrogens is 6. The van der Waals surface area contributed by atoms with Crippen molar-refractivity contribution in [3.63, 3.8) is 0 Å². The van der Waals surface area contributed by atoms with E-state index in [0.29, 0.717) is 17.6 Å². The van der Waals surface area contributed by atoms with Crippen molar-refractivity contribution in [2.24, 2.45) is 0 Å². The minimum atomic E-state index is 0.573. The molecule has 0 aliphatic rings. The highest BCUT2D eigenvalue weighted by atomic mass is 15.2. The number of para-hydroxylation sites is 7. The Hall–Kier alpha value is -7.83. The molecule has 0 atom stereocenters. The molecule has 0 amide bonds. The smallest absolute Gasteiger partial charge is 0.238 e. The minimum absolute atomic E-state index is 0.573. The molecule has 264 valence electrons. The van der Waals surface area contributed by atoms with Crippen LogP contribution in [-0.4, -0.2) is 28.5 Å². The molecule has 5 aromatic heterocycles. The van der Waals surface area contributed by atoms with E-state index in [0.717, 1.165) is 49.7 Å². The third-order valence-corrected chi connectivity index (χ3v) is 11.8. The summed E-state index contributed by atoms with van der Waals surface area (Å²) in [6.45, 7) is 0. The maximum Gasteiger partial charge on any atom is 0.238 e. The summed E-state index contributed by atoms with van der Waals surface area (Å²) in [6.07, 6.45) is 0. The Labute approximate surface area is 325 Å². The molecule has 5 heterocycles. The molecule has 0 bridgehead atoms. The first-order valence-corrected chi connectivity index (χ1v) is 19.3. The van der Waals surface area contributed by atoms with E-state index < -0.39 is 0 Å². The Morgan fingerprint density at radius 1 is 0.316 bits per heavy atom. The van der Waals surface area contributed by atoms with E-state index in [1.807, 2.05) is 0 Å². The fourth-order valence-corrected chi connectivity index (χ4v) is 9.47. The van der Waals surface area contributed by atoms with Crippen molar-refractivity contribution >= 4 is 81.7 Å². The van der Waals surface area contributed by atoms with Crippen molar-refractivity contribution in [2.45, 2.75) is 0 Å². The van der Waals surface area contributed by atoms with Crippen LogP contribution >= 0.6 is 0 Å². The molecule has 0 unspecified atom stereocenters. The van der Waals surface area contributed by atoms with Gasteiger partial charge in [0.05, 0.1) is 44.3 Å². The molecule has 6 heteroatoms. The van der Waals surface area contributed by atoms with Crippen LogP contribution in [0.2, 0.25) is 0 Å². The molecule has 0 fully saturated rings. The summed E-state index contributed by atoms with van der Waals surface area (Å²) in [5, 5.41) is 9.49. The molecule has 0 aliphatic carbocycles. The number of benzene rings is 8. The highest BCUT2D eigenvalue weighted by Crippen LogP contribution is 2.42. The normalized spacial score (nSPS) is 12.2. The molecule has 0 N–H and O–H groups in total. The van der Waals surface area contributed by atoms with E-state index in [2.05, 4.69) is 196 Å². The zero-order valence-electron chi connectivity index (χ0n) is 30.5. The first-order valence-electron chi connectivity index (χ1n) is 19.3. The summed E-state index contributed by atoms with van der Waals surface area (Å²) >= 11 is 0. The van der Waals surface area contributed by atoms with E-state index in [-0.39, 0.29) is 0 Å². The van der Waals surface area contributed by atoms with Gasteiger partial charge in [0.15, 0.2) is 11.6 Å². The second-order valence-electron chi connectivity index (χ2n) is 14.8. The Morgan fingerprint density at radius 2 is 0.702 bits per heavy atom. The standard InChI is InChI=1S/C51H30N6/c1-8-22-41-32(15-1)33-16-2-9-23-42(33)55(41)47-28-14-7-21-38(47)50-52-49(53-51(54-50)57-45-26-12-3-17-34(45)35-18-4-13-27-46(35)57)31-29-39-36-19-5-10-24-43(36)56-44-25-11-6-20-37(44)40(30-31)48(39)56/h1-30H. The molecule has 0 spiro atoms. The molecule has 13 rings (SSSR count). The summed E-state index contributed by atoms with van der Waals surface area (Å²) in [5.41, 5.74) is 10.8. The average molecular weight is 727 g/mol. The van der Waals surface area contributed by atoms with Gasteiger partial charge in [-0.25, -0.2) is 4.98 Å². The summed E-state index contributed by atoms with van der Waals surface area (Å²) in [4.78, 5) is 16.3. The topological polar surface area (TPSA) is 52.9 Å². The predicted octanol–water partition coefficient (Wildman–Crippen LogP) is 12.5. The monoisotopic (exact) mass is 726 g/mol. The molecule has 0 saturated carbocycles. The first-order chi connectivity index (χ1) is 28.3. The Morgan fingerprint density at radius 3 is 1.21 bits per heavy atom. The molecule has 6 nitrogen and oxygen atoms in total. The van der Waals surface area contributed by atoms with Crippen molar-refractivity contribution in [1.29, 1.82) is 0 Å². The van der Waals surface area contributed by atoms with Crippen LogP contribution in [0, 0.1) is 0 Å². The lowest BCUT2D eigenvalue weighted by molar-refractivity contribution is 0.952. The van der Waals surface area contributed by atoms with E-state index >= 15 is 0 Å². The van der Waals surface area contributed by atoms with Gasteiger partial charge < -0.3 is 8.97 Å². The van der Waals surface area contributed by atoms with Crippen LogP contribution < -0.4 is 0 Å². The van der Waals surface area contributed by atoms with Crippen molar-refractivity contribution in [1.82, 2.24) is 28.5 Å². The molecule has 0 aliphatic heterocycles. The number of fused-ring (bicyclic) bond motifs is 12. The van der Waals surface area contributed by atoms with Crippen LogP contribution in [0.1, 0.15) is 0 Å². The van der Waals surface area contributed by atoms with Gasteiger partial charge in [0, 0.05) is 54.2 Å². The predicted molar refractivity (Wildman–Crippen MR) is 234 cm³/mol. The van der Waals surface area contributed by atoms with Crippen LogP contribution in [0.5, 0.6) is 0 Å². The zero-order chi connectivity index (χ0) is 37.2. The van der Waals surface area contributed by atoms with Crippen LogP contribution in [-0.2, 0) is 0 Å². The van der Waals surface area contributed by atoms with Gasteiger partial charge in [-0.3, -0.25) is 4.57 Å². The van der Waals surface area contributed by atoms with Crippen molar-refractivity contribution in [3.05, 3.63) is 182 Å². The quantitative estimate of drug-likeness (QED) is 0.181. The van der Waals surface area contributed by atoms with Gasteiger partial charge in [0.1, 0.15) is 0 Å². The van der Waals surface area contributed by atoms with Crippen molar-refractivity contribution in [3.8, 4) is 34.4 Å². The third kappa shape index (κ3) is 4.16. The minimum Gasteiger partial charge on any atom is -0.309 e. The molecule has 0 radical (unpaired) electrons. The summed E-state index contributed by atoms with van der Waals surface area (Å²) < 4.78 is 6.95. The van der Waals surface area contributed by atoms with Gasteiger partial charge in [-0.15, -0.1) is 0 Å².